The van der Waals surface area contributed by atoms with E-state index in [1.54, 1.807) is 0 Å². The number of aryl methyl sites for hydroxylation is 1. The molecule has 0 saturated heterocycles. The Morgan fingerprint density at radius 3 is 2.37 bits per heavy atom. The summed E-state index contributed by atoms with van der Waals surface area (Å²) in [7, 11) is 0. The van der Waals surface area contributed by atoms with E-state index in [1.807, 2.05) is 30.5 Å². The summed E-state index contributed by atoms with van der Waals surface area (Å²) in [5, 5.41) is 0. The Labute approximate surface area is 116 Å². The van der Waals surface area contributed by atoms with Crippen LogP contribution in [0.4, 0.5) is 5.69 Å². The summed E-state index contributed by atoms with van der Waals surface area (Å²) >= 11 is 1.51. The van der Waals surface area contributed by atoms with E-state index in [4.69, 9.17) is 5.73 Å². The van der Waals surface area contributed by atoms with E-state index < -0.39 is 0 Å². The SMILES string of the molecule is Cc1sncc1-c1ccc(-c2ccccc2)c(N)c1. The smallest absolute Gasteiger partial charge is 0.0488 e. The molecular formula is C16H14N2S. The van der Waals surface area contributed by atoms with Crippen LogP contribution in [0.5, 0.6) is 0 Å². The number of benzene rings is 2. The first-order valence-electron chi connectivity index (χ1n) is 6.12. The van der Waals surface area contributed by atoms with E-state index >= 15 is 0 Å². The highest BCUT2D eigenvalue weighted by molar-refractivity contribution is 7.06. The minimum absolute atomic E-state index is 0.800. The number of nitrogens with zero attached hydrogens (tertiary/aromatic N) is 1. The van der Waals surface area contributed by atoms with E-state index in [0.29, 0.717) is 0 Å². The van der Waals surface area contributed by atoms with Crippen LogP contribution in [0.25, 0.3) is 22.3 Å². The molecule has 0 aliphatic rings. The van der Waals surface area contributed by atoms with Gasteiger partial charge >= 0.3 is 0 Å². The minimum Gasteiger partial charge on any atom is -0.398 e. The largest absolute Gasteiger partial charge is 0.398 e. The van der Waals surface area contributed by atoms with Crippen molar-refractivity contribution in [2.45, 2.75) is 6.92 Å². The molecule has 19 heavy (non-hydrogen) atoms. The predicted octanol–water partition coefficient (Wildman–Crippen LogP) is 4.37. The van der Waals surface area contributed by atoms with Gasteiger partial charge in [0.05, 0.1) is 0 Å². The minimum atomic E-state index is 0.800. The number of hydrogen-bond donors (Lipinski definition) is 1. The molecule has 2 N–H and O–H groups in total. The maximum atomic E-state index is 6.19. The molecule has 0 radical (unpaired) electrons. The number of hydrogen-bond acceptors (Lipinski definition) is 3. The van der Waals surface area contributed by atoms with Crippen LogP contribution < -0.4 is 5.73 Å². The first-order valence-corrected chi connectivity index (χ1v) is 6.89. The normalized spacial score (nSPS) is 10.6. The van der Waals surface area contributed by atoms with Gasteiger partial charge in [-0.3, -0.25) is 0 Å². The van der Waals surface area contributed by atoms with Crippen LogP contribution in [0.15, 0.2) is 54.7 Å². The molecule has 3 rings (SSSR count). The summed E-state index contributed by atoms with van der Waals surface area (Å²) in [6.45, 7) is 2.08. The summed E-state index contributed by atoms with van der Waals surface area (Å²) in [4.78, 5) is 1.21. The lowest BCUT2D eigenvalue weighted by Gasteiger charge is -2.08. The molecule has 0 fully saturated rings. The average Bonchev–Trinajstić information content (AvgIpc) is 2.86. The van der Waals surface area contributed by atoms with Gasteiger partial charge in [0, 0.05) is 27.9 Å². The molecule has 0 aliphatic carbocycles. The standard InChI is InChI=1S/C16H14N2S/c1-11-15(10-18-19-11)13-7-8-14(16(17)9-13)12-5-3-2-4-6-12/h2-10H,17H2,1H3. The summed E-state index contributed by atoms with van der Waals surface area (Å²) in [5.41, 5.74) is 11.5. The molecule has 0 spiro atoms. The first kappa shape index (κ1) is 11.9. The van der Waals surface area contributed by atoms with Crippen LogP contribution in [-0.2, 0) is 0 Å². The van der Waals surface area contributed by atoms with Gasteiger partial charge in [0.25, 0.3) is 0 Å². The molecular weight excluding hydrogens is 252 g/mol. The molecule has 0 aliphatic heterocycles. The summed E-state index contributed by atoms with van der Waals surface area (Å²) in [6.07, 6.45) is 1.90. The fourth-order valence-electron chi connectivity index (χ4n) is 2.19. The molecule has 3 heteroatoms. The van der Waals surface area contributed by atoms with Crippen molar-refractivity contribution in [1.29, 1.82) is 0 Å². The Bertz CT molecular complexity index is 702. The lowest BCUT2D eigenvalue weighted by molar-refractivity contribution is 1.53. The third-order valence-electron chi connectivity index (χ3n) is 3.20. The van der Waals surface area contributed by atoms with Crippen molar-refractivity contribution in [3.8, 4) is 22.3 Å². The van der Waals surface area contributed by atoms with Crippen molar-refractivity contribution in [3.63, 3.8) is 0 Å². The maximum Gasteiger partial charge on any atom is 0.0488 e. The van der Waals surface area contributed by atoms with Crippen molar-refractivity contribution in [3.05, 3.63) is 59.6 Å². The van der Waals surface area contributed by atoms with Crippen LogP contribution in [0, 0.1) is 6.92 Å². The first-order chi connectivity index (χ1) is 9.25. The molecule has 1 heterocycles. The third-order valence-corrected chi connectivity index (χ3v) is 3.90. The highest BCUT2D eigenvalue weighted by Crippen LogP contribution is 2.32. The Balaban J connectivity index is 2.06. The second-order valence-corrected chi connectivity index (χ2v) is 5.47. The number of nitrogens with two attached hydrogens (primary N) is 1. The van der Waals surface area contributed by atoms with Crippen molar-refractivity contribution >= 4 is 17.2 Å². The van der Waals surface area contributed by atoms with E-state index in [1.165, 1.54) is 16.4 Å². The van der Waals surface area contributed by atoms with Crippen molar-refractivity contribution < 1.29 is 0 Å². The maximum absolute atomic E-state index is 6.19. The predicted molar refractivity (Wildman–Crippen MR) is 82.1 cm³/mol. The van der Waals surface area contributed by atoms with Gasteiger partial charge in [-0.1, -0.05) is 42.5 Å². The molecule has 1 aromatic heterocycles. The van der Waals surface area contributed by atoms with Crippen molar-refractivity contribution in [2.24, 2.45) is 0 Å². The van der Waals surface area contributed by atoms with Gasteiger partial charge in [-0.25, -0.2) is 4.37 Å². The lowest BCUT2D eigenvalue weighted by atomic mass is 9.99. The molecule has 2 aromatic carbocycles. The number of nitrogen functional groups attached to an aromatic ring is 1. The number of anilines is 1. The van der Waals surface area contributed by atoms with Crippen LogP contribution in [0.1, 0.15) is 4.88 Å². The van der Waals surface area contributed by atoms with Gasteiger partial charge in [-0.15, -0.1) is 0 Å². The summed E-state index contributed by atoms with van der Waals surface area (Å²) in [5.74, 6) is 0. The van der Waals surface area contributed by atoms with E-state index in [9.17, 15) is 0 Å². The molecule has 0 unspecified atom stereocenters. The second kappa shape index (κ2) is 4.86. The fraction of sp³-hybridized carbons (Fsp3) is 0.0625. The Kier molecular flexibility index (Phi) is 3.05. The van der Waals surface area contributed by atoms with Gasteiger partial charge in [0.2, 0.25) is 0 Å². The van der Waals surface area contributed by atoms with Crippen molar-refractivity contribution in [1.82, 2.24) is 4.37 Å². The van der Waals surface area contributed by atoms with Crippen LogP contribution in [-0.4, -0.2) is 4.37 Å². The zero-order valence-corrected chi connectivity index (χ0v) is 11.4. The Morgan fingerprint density at radius 1 is 0.947 bits per heavy atom. The molecule has 0 bridgehead atoms. The molecule has 0 amide bonds. The van der Waals surface area contributed by atoms with Gasteiger partial charge in [0.15, 0.2) is 0 Å². The van der Waals surface area contributed by atoms with Gasteiger partial charge < -0.3 is 5.73 Å². The van der Waals surface area contributed by atoms with Crippen molar-refractivity contribution in [2.75, 3.05) is 5.73 Å². The molecule has 94 valence electrons. The molecule has 2 nitrogen and oxygen atoms in total. The quantitative estimate of drug-likeness (QED) is 0.700. The monoisotopic (exact) mass is 266 g/mol. The van der Waals surface area contributed by atoms with Gasteiger partial charge in [0.1, 0.15) is 0 Å². The number of rotatable bonds is 2. The fourth-order valence-corrected chi connectivity index (χ4v) is 2.77. The third kappa shape index (κ3) is 2.25. The summed E-state index contributed by atoms with van der Waals surface area (Å²) < 4.78 is 4.21. The Morgan fingerprint density at radius 2 is 1.74 bits per heavy atom. The van der Waals surface area contributed by atoms with Crippen LogP contribution >= 0.6 is 11.5 Å². The average molecular weight is 266 g/mol. The topological polar surface area (TPSA) is 38.9 Å². The van der Waals surface area contributed by atoms with Crippen LogP contribution in [0.2, 0.25) is 0 Å². The van der Waals surface area contributed by atoms with Gasteiger partial charge in [-0.05, 0) is 35.6 Å². The zero-order chi connectivity index (χ0) is 13.2. The zero-order valence-electron chi connectivity index (χ0n) is 10.6. The highest BCUT2D eigenvalue weighted by Gasteiger charge is 2.08. The summed E-state index contributed by atoms with van der Waals surface area (Å²) in [6, 6.07) is 16.4. The second-order valence-electron chi connectivity index (χ2n) is 4.46. The number of aromatic nitrogens is 1. The van der Waals surface area contributed by atoms with Gasteiger partial charge in [-0.2, -0.15) is 0 Å². The van der Waals surface area contributed by atoms with E-state index in [-0.39, 0.29) is 0 Å². The highest BCUT2D eigenvalue weighted by atomic mass is 32.1. The Hall–Kier alpha value is -2.13. The molecule has 3 aromatic rings. The van der Waals surface area contributed by atoms with E-state index in [0.717, 1.165) is 27.9 Å². The van der Waals surface area contributed by atoms with Crippen LogP contribution in [0.3, 0.4) is 0 Å². The molecule has 0 atom stereocenters. The lowest BCUT2D eigenvalue weighted by Crippen LogP contribution is -1.91. The van der Waals surface area contributed by atoms with E-state index in [2.05, 4.69) is 35.6 Å². The molecule has 0 saturated carbocycles.